The summed E-state index contributed by atoms with van der Waals surface area (Å²) in [5.74, 6) is 0.940. The van der Waals surface area contributed by atoms with Crippen molar-refractivity contribution in [3.05, 3.63) is 0 Å². The van der Waals surface area contributed by atoms with Crippen LogP contribution < -0.4 is 4.70 Å². The fraction of sp³-hybridized carbons (Fsp3) is 1.00. The molecule has 0 saturated carbocycles. The molecular formula is C6H14AlF. The van der Waals surface area contributed by atoms with Gasteiger partial charge < -0.3 is 4.70 Å². The van der Waals surface area contributed by atoms with E-state index >= 15 is 0 Å². The van der Waals surface area contributed by atoms with E-state index in [-0.39, 0.29) is 4.70 Å². The van der Waals surface area contributed by atoms with Crippen LogP contribution in [-0.2, 0) is 0 Å². The van der Waals surface area contributed by atoms with Crippen LogP contribution >= 0.6 is 0 Å². The van der Waals surface area contributed by atoms with Gasteiger partial charge in [-0.1, -0.05) is 0 Å². The van der Waals surface area contributed by atoms with Crippen molar-refractivity contribution in [2.45, 2.75) is 31.3 Å². The van der Waals surface area contributed by atoms with Crippen molar-refractivity contribution in [3.8, 4) is 0 Å². The van der Waals surface area contributed by atoms with Crippen molar-refractivity contribution in [2.24, 2.45) is 5.92 Å². The Morgan fingerprint density at radius 3 is 2.00 bits per heavy atom. The van der Waals surface area contributed by atoms with Gasteiger partial charge in [-0.2, -0.15) is 0 Å². The Balaban J connectivity index is 0. The minimum atomic E-state index is 0. The molecule has 0 N–H and O–H groups in total. The summed E-state index contributed by atoms with van der Waals surface area (Å²) in [6.07, 6.45) is 0. The Morgan fingerprint density at radius 1 is 1.38 bits per heavy atom. The van der Waals surface area contributed by atoms with E-state index in [1.165, 1.54) is 10.6 Å². The van der Waals surface area contributed by atoms with E-state index in [0.29, 0.717) is 0 Å². The van der Waals surface area contributed by atoms with Crippen molar-refractivity contribution < 1.29 is 4.70 Å². The topological polar surface area (TPSA) is 0 Å². The first-order chi connectivity index (χ1) is 3.27. The Kier molecular flexibility index (Phi) is 10.5. The molecule has 0 fully saturated rings. The summed E-state index contributed by atoms with van der Waals surface area (Å²) in [6.45, 7) is 6.86. The molecular weight excluding hydrogens is 118 g/mol. The zero-order valence-electron chi connectivity index (χ0n) is 5.95. The van der Waals surface area contributed by atoms with Gasteiger partial charge in [0, 0.05) is 0 Å². The van der Waals surface area contributed by atoms with Gasteiger partial charge in [-0.05, 0) is 0 Å². The molecule has 0 atom stereocenters. The largest absolute Gasteiger partial charge is 1.00 e. The van der Waals surface area contributed by atoms with E-state index in [9.17, 15) is 0 Å². The Morgan fingerprint density at radius 2 is 1.88 bits per heavy atom. The average Bonchev–Trinajstić information content (AvgIpc) is 1.61. The smallest absolute Gasteiger partial charge is 1.00 e. The monoisotopic (exact) mass is 132 g/mol. The maximum atomic E-state index is 2.29. The van der Waals surface area contributed by atoms with Gasteiger partial charge in [0.25, 0.3) is 0 Å². The Labute approximate surface area is 57.7 Å². The molecule has 0 aromatic carbocycles. The molecule has 48 valence electrons. The molecule has 0 unspecified atom stereocenters. The zero-order valence-corrected chi connectivity index (χ0v) is 7.10. The third-order valence-corrected chi connectivity index (χ3v) is 2.78. The van der Waals surface area contributed by atoms with Crippen LogP contribution in [0.25, 0.3) is 0 Å². The Bertz CT molecular complexity index is 37.5. The van der Waals surface area contributed by atoms with E-state index in [1.807, 2.05) is 0 Å². The molecule has 0 aliphatic carbocycles. The third kappa shape index (κ3) is 9.68. The fourth-order valence-electron chi connectivity index (χ4n) is 0.500. The molecule has 0 saturated heterocycles. The van der Waals surface area contributed by atoms with Crippen LogP contribution in [0.2, 0.25) is 10.6 Å². The Hall–Kier alpha value is 0.462. The van der Waals surface area contributed by atoms with E-state index in [1.54, 1.807) is 0 Å². The van der Waals surface area contributed by atoms with Crippen LogP contribution in [0.4, 0.5) is 0 Å². The summed E-state index contributed by atoms with van der Waals surface area (Å²) in [5.41, 5.74) is 0. The molecule has 0 heterocycles. The van der Waals surface area contributed by atoms with Crippen molar-refractivity contribution in [1.29, 1.82) is 0 Å². The number of rotatable bonds is 3. The summed E-state index contributed by atoms with van der Waals surface area (Å²) in [6, 6.07) is 0. The molecule has 0 aliphatic heterocycles. The molecule has 0 nitrogen and oxygen atoms in total. The molecule has 0 aromatic heterocycles. The van der Waals surface area contributed by atoms with Gasteiger partial charge in [0.1, 0.15) is 0 Å². The second-order valence-electron chi connectivity index (χ2n) is 2.33. The van der Waals surface area contributed by atoms with Crippen LogP contribution in [0.15, 0.2) is 0 Å². The summed E-state index contributed by atoms with van der Waals surface area (Å²) in [5, 5.41) is 2.91. The van der Waals surface area contributed by atoms with E-state index in [0.717, 1.165) is 21.1 Å². The molecule has 0 spiro atoms. The first-order valence-corrected chi connectivity index (χ1v) is 4.72. The second-order valence-corrected chi connectivity index (χ2v) is 4.19. The van der Waals surface area contributed by atoms with Gasteiger partial charge in [0.2, 0.25) is 0 Å². The summed E-state index contributed by atoms with van der Waals surface area (Å²) in [7, 11) is 0. The molecule has 2 heteroatoms. The molecule has 0 rings (SSSR count). The molecule has 8 heavy (non-hydrogen) atoms. The minimum Gasteiger partial charge on any atom is -1.00 e. The first-order valence-electron chi connectivity index (χ1n) is 3.09. The minimum absolute atomic E-state index is 0. The summed E-state index contributed by atoms with van der Waals surface area (Å²) in [4.78, 5) is 0. The first kappa shape index (κ1) is 11.3. The zero-order chi connectivity index (χ0) is 5.70. The van der Waals surface area contributed by atoms with Crippen molar-refractivity contribution in [3.63, 3.8) is 0 Å². The maximum absolute atomic E-state index is 2.29. The van der Waals surface area contributed by atoms with Crippen LogP contribution in [-0.4, -0.2) is 15.2 Å². The van der Waals surface area contributed by atoms with Gasteiger partial charge >= 0.3 is 52.5 Å². The summed E-state index contributed by atoms with van der Waals surface area (Å²) >= 11 is 0.785. The normalized spacial score (nSPS) is 8.00. The van der Waals surface area contributed by atoms with E-state index in [4.69, 9.17) is 0 Å². The predicted octanol–water partition coefficient (Wildman–Crippen LogP) is -0.793. The molecule has 0 aliphatic rings. The third-order valence-electron chi connectivity index (χ3n) is 0.927. The van der Waals surface area contributed by atoms with Crippen LogP contribution in [0, 0.1) is 5.92 Å². The van der Waals surface area contributed by atoms with Crippen LogP contribution in [0.3, 0.4) is 0 Å². The van der Waals surface area contributed by atoms with Crippen LogP contribution in [0.1, 0.15) is 20.8 Å². The summed E-state index contributed by atoms with van der Waals surface area (Å²) < 4.78 is 0. The predicted molar refractivity (Wildman–Crippen MR) is 35.9 cm³/mol. The van der Waals surface area contributed by atoms with E-state index in [2.05, 4.69) is 20.8 Å². The van der Waals surface area contributed by atoms with Gasteiger partial charge in [-0.15, -0.1) is 0 Å². The standard InChI is InChI=1S/C4H9.C2H5.Al.FH/c1-4(2)3;1-2;;/h4H,1H2,2-3H3;1H2,2H3;;1H/q;;+1;/p-1. The number of hydrogen-bond donors (Lipinski definition) is 0. The van der Waals surface area contributed by atoms with E-state index < -0.39 is 0 Å². The van der Waals surface area contributed by atoms with Gasteiger partial charge in [-0.25, -0.2) is 0 Å². The van der Waals surface area contributed by atoms with Crippen LogP contribution in [0.5, 0.6) is 0 Å². The molecule has 0 bridgehead atoms. The van der Waals surface area contributed by atoms with Gasteiger partial charge in [0.15, 0.2) is 0 Å². The van der Waals surface area contributed by atoms with Gasteiger partial charge in [0.05, 0.1) is 0 Å². The quantitative estimate of drug-likeness (QED) is 0.441. The van der Waals surface area contributed by atoms with Gasteiger partial charge in [-0.3, -0.25) is 0 Å². The number of hydrogen-bond acceptors (Lipinski definition) is 0. The molecule has 0 aromatic rings. The second kappa shape index (κ2) is 7.46. The molecule has 0 radical (unpaired) electrons. The van der Waals surface area contributed by atoms with Crippen molar-refractivity contribution >= 4 is 15.2 Å². The molecule has 0 amide bonds. The fourth-order valence-corrected chi connectivity index (χ4v) is 1.50. The van der Waals surface area contributed by atoms with Crippen molar-refractivity contribution in [1.82, 2.24) is 0 Å². The van der Waals surface area contributed by atoms with Crippen molar-refractivity contribution in [2.75, 3.05) is 0 Å². The average molecular weight is 132 g/mol. The number of halogens is 1. The maximum Gasteiger partial charge on any atom is -1.00 e. The SMILES string of the molecule is C[CH2][Al+][CH2]C(C)C.[F-].